The number of amides is 2. The Morgan fingerprint density at radius 1 is 0.871 bits per heavy atom. The molecule has 0 aliphatic carbocycles. The van der Waals surface area contributed by atoms with Gasteiger partial charge in [-0.25, -0.2) is 0 Å². The van der Waals surface area contributed by atoms with Crippen LogP contribution in [0.1, 0.15) is 25.0 Å². The standard InChI is InChI=1S/C25H34N4O2/c1-3-22-12-8-9-13-23(22)26-24(30)19-27-14-16-28(17-15-27)20-25(31)29(4-2)18-21-10-6-5-7-11-21/h5-13H,3-4,14-20H2,1-2H3,(H,26,30). The smallest absolute Gasteiger partial charge is 0.238 e. The zero-order chi connectivity index (χ0) is 22.1. The van der Waals surface area contributed by atoms with E-state index >= 15 is 0 Å². The van der Waals surface area contributed by atoms with Crippen molar-refractivity contribution in [1.29, 1.82) is 0 Å². The van der Waals surface area contributed by atoms with Gasteiger partial charge in [0.25, 0.3) is 0 Å². The first-order valence-corrected chi connectivity index (χ1v) is 11.2. The van der Waals surface area contributed by atoms with Crippen LogP contribution in [-0.4, -0.2) is 72.3 Å². The van der Waals surface area contributed by atoms with Crippen molar-refractivity contribution in [2.75, 3.05) is 51.1 Å². The van der Waals surface area contributed by atoms with Crippen molar-refractivity contribution in [1.82, 2.24) is 14.7 Å². The molecule has 6 nitrogen and oxygen atoms in total. The number of hydrogen-bond donors (Lipinski definition) is 1. The van der Waals surface area contributed by atoms with Gasteiger partial charge in [-0.05, 0) is 30.5 Å². The van der Waals surface area contributed by atoms with Crippen LogP contribution >= 0.6 is 0 Å². The lowest BCUT2D eigenvalue weighted by molar-refractivity contribution is -0.133. The molecule has 0 atom stereocenters. The highest BCUT2D eigenvalue weighted by atomic mass is 16.2. The summed E-state index contributed by atoms with van der Waals surface area (Å²) in [4.78, 5) is 31.5. The molecule has 1 fully saturated rings. The summed E-state index contributed by atoms with van der Waals surface area (Å²) >= 11 is 0. The molecule has 1 aliphatic rings. The van der Waals surface area contributed by atoms with Gasteiger partial charge >= 0.3 is 0 Å². The molecule has 1 N–H and O–H groups in total. The lowest BCUT2D eigenvalue weighted by Crippen LogP contribution is -2.51. The number of hydrogen-bond acceptors (Lipinski definition) is 4. The molecule has 0 spiro atoms. The average molecular weight is 423 g/mol. The number of nitrogens with one attached hydrogen (secondary N) is 1. The predicted molar refractivity (Wildman–Crippen MR) is 125 cm³/mol. The second-order valence-electron chi connectivity index (χ2n) is 8.00. The Morgan fingerprint density at radius 3 is 2.13 bits per heavy atom. The van der Waals surface area contributed by atoms with Crippen molar-refractivity contribution < 1.29 is 9.59 Å². The van der Waals surface area contributed by atoms with E-state index in [1.54, 1.807) is 0 Å². The molecular formula is C25H34N4O2. The van der Waals surface area contributed by atoms with E-state index in [0.717, 1.165) is 49.4 Å². The Hall–Kier alpha value is -2.70. The van der Waals surface area contributed by atoms with E-state index in [-0.39, 0.29) is 11.8 Å². The monoisotopic (exact) mass is 422 g/mol. The van der Waals surface area contributed by atoms with E-state index in [4.69, 9.17) is 0 Å². The number of carbonyl (C=O) groups is 2. The van der Waals surface area contributed by atoms with Crippen molar-refractivity contribution >= 4 is 17.5 Å². The molecule has 2 aromatic carbocycles. The molecular weight excluding hydrogens is 388 g/mol. The summed E-state index contributed by atoms with van der Waals surface area (Å²) in [5, 5.41) is 3.04. The summed E-state index contributed by atoms with van der Waals surface area (Å²) < 4.78 is 0. The molecule has 2 amide bonds. The van der Waals surface area contributed by atoms with Crippen LogP contribution in [0.25, 0.3) is 0 Å². The van der Waals surface area contributed by atoms with Crippen LogP contribution in [0.15, 0.2) is 54.6 Å². The van der Waals surface area contributed by atoms with Crippen molar-refractivity contribution in [2.45, 2.75) is 26.8 Å². The van der Waals surface area contributed by atoms with Gasteiger partial charge in [-0.1, -0.05) is 55.5 Å². The summed E-state index contributed by atoms with van der Waals surface area (Å²) in [5.74, 6) is 0.180. The van der Waals surface area contributed by atoms with Gasteiger partial charge in [0.2, 0.25) is 11.8 Å². The summed E-state index contributed by atoms with van der Waals surface area (Å²) in [6.45, 7) is 9.46. The van der Waals surface area contributed by atoms with Crippen LogP contribution < -0.4 is 5.32 Å². The van der Waals surface area contributed by atoms with Crippen LogP contribution in [0.5, 0.6) is 0 Å². The Labute approximate surface area is 185 Å². The van der Waals surface area contributed by atoms with Gasteiger partial charge in [0.05, 0.1) is 13.1 Å². The zero-order valence-electron chi connectivity index (χ0n) is 18.7. The number of carbonyl (C=O) groups excluding carboxylic acids is 2. The average Bonchev–Trinajstić information content (AvgIpc) is 2.79. The van der Waals surface area contributed by atoms with Crippen LogP contribution in [0, 0.1) is 0 Å². The van der Waals surface area contributed by atoms with Crippen molar-refractivity contribution in [3.8, 4) is 0 Å². The minimum Gasteiger partial charge on any atom is -0.338 e. The van der Waals surface area contributed by atoms with E-state index in [2.05, 4.69) is 34.2 Å². The van der Waals surface area contributed by atoms with Crippen molar-refractivity contribution in [2.24, 2.45) is 0 Å². The summed E-state index contributed by atoms with van der Waals surface area (Å²) in [6.07, 6.45) is 0.891. The lowest BCUT2D eigenvalue weighted by Gasteiger charge is -2.35. The van der Waals surface area contributed by atoms with Gasteiger partial charge in [0.15, 0.2) is 0 Å². The van der Waals surface area contributed by atoms with Gasteiger partial charge in [-0.15, -0.1) is 0 Å². The van der Waals surface area contributed by atoms with E-state index in [0.29, 0.717) is 26.2 Å². The lowest BCUT2D eigenvalue weighted by atomic mass is 10.1. The Morgan fingerprint density at radius 2 is 1.48 bits per heavy atom. The minimum atomic E-state index is 0.0189. The number of nitrogens with zero attached hydrogens (tertiary/aromatic N) is 3. The molecule has 1 aliphatic heterocycles. The Balaban J connectivity index is 1.42. The second-order valence-corrected chi connectivity index (χ2v) is 8.00. The number of aryl methyl sites for hydroxylation is 1. The van der Waals surface area contributed by atoms with Gasteiger partial charge in [-0.3, -0.25) is 19.4 Å². The molecule has 0 aromatic heterocycles. The Bertz CT molecular complexity index is 848. The number of benzene rings is 2. The number of rotatable bonds is 9. The maximum atomic E-state index is 12.8. The first-order chi connectivity index (χ1) is 15.1. The summed E-state index contributed by atoms with van der Waals surface area (Å²) in [6, 6.07) is 18.0. The molecule has 0 saturated carbocycles. The zero-order valence-corrected chi connectivity index (χ0v) is 18.7. The highest BCUT2D eigenvalue weighted by Crippen LogP contribution is 2.15. The SMILES string of the molecule is CCc1ccccc1NC(=O)CN1CCN(CC(=O)N(CC)Cc2ccccc2)CC1. The summed E-state index contributed by atoms with van der Waals surface area (Å²) in [5.41, 5.74) is 3.20. The number of likely N-dealkylation sites (N-methyl/N-ethyl adjacent to an activating group) is 1. The Kier molecular flexibility index (Phi) is 8.62. The molecule has 6 heteroatoms. The van der Waals surface area contributed by atoms with Crippen LogP contribution in [-0.2, 0) is 22.6 Å². The largest absolute Gasteiger partial charge is 0.338 e. The maximum Gasteiger partial charge on any atom is 0.238 e. The predicted octanol–water partition coefficient (Wildman–Crippen LogP) is 2.85. The number of para-hydroxylation sites is 1. The fourth-order valence-electron chi connectivity index (χ4n) is 3.92. The molecule has 2 aromatic rings. The normalized spacial score (nSPS) is 14.9. The molecule has 1 heterocycles. The number of piperazine rings is 1. The van der Waals surface area contributed by atoms with Crippen LogP contribution in [0.4, 0.5) is 5.69 Å². The van der Waals surface area contributed by atoms with Gasteiger partial charge < -0.3 is 10.2 Å². The fraction of sp³-hybridized carbons (Fsp3) is 0.440. The second kappa shape index (κ2) is 11.6. The van der Waals surface area contributed by atoms with Crippen molar-refractivity contribution in [3.63, 3.8) is 0 Å². The summed E-state index contributed by atoms with van der Waals surface area (Å²) in [7, 11) is 0. The third kappa shape index (κ3) is 6.91. The fourth-order valence-corrected chi connectivity index (χ4v) is 3.92. The third-order valence-corrected chi connectivity index (χ3v) is 5.81. The quantitative estimate of drug-likeness (QED) is 0.675. The highest BCUT2D eigenvalue weighted by Gasteiger charge is 2.22. The highest BCUT2D eigenvalue weighted by molar-refractivity contribution is 5.93. The number of anilines is 1. The molecule has 0 radical (unpaired) electrons. The molecule has 0 bridgehead atoms. The first-order valence-electron chi connectivity index (χ1n) is 11.2. The van der Waals surface area contributed by atoms with E-state index in [9.17, 15) is 9.59 Å². The van der Waals surface area contributed by atoms with Gasteiger partial charge in [0, 0.05) is 45.0 Å². The van der Waals surface area contributed by atoms with Gasteiger partial charge in [-0.2, -0.15) is 0 Å². The minimum absolute atomic E-state index is 0.0189. The molecule has 0 unspecified atom stereocenters. The molecule has 1 saturated heterocycles. The van der Waals surface area contributed by atoms with E-state index < -0.39 is 0 Å². The van der Waals surface area contributed by atoms with Crippen LogP contribution in [0.2, 0.25) is 0 Å². The van der Waals surface area contributed by atoms with Crippen LogP contribution in [0.3, 0.4) is 0 Å². The first kappa shape index (κ1) is 23.0. The maximum absolute atomic E-state index is 12.8. The van der Waals surface area contributed by atoms with Gasteiger partial charge in [0.1, 0.15) is 0 Å². The molecule has 31 heavy (non-hydrogen) atoms. The molecule has 3 rings (SSSR count). The van der Waals surface area contributed by atoms with Crippen molar-refractivity contribution in [3.05, 3.63) is 65.7 Å². The third-order valence-electron chi connectivity index (χ3n) is 5.81. The van der Waals surface area contributed by atoms with E-state index in [1.165, 1.54) is 0 Å². The molecule has 166 valence electrons. The topological polar surface area (TPSA) is 55.9 Å². The van der Waals surface area contributed by atoms with E-state index in [1.807, 2.05) is 54.3 Å².